The highest BCUT2D eigenvalue weighted by molar-refractivity contribution is 5.92. The highest BCUT2D eigenvalue weighted by atomic mass is 16.5. The molecule has 1 heterocycles. The Hall–Kier alpha value is -4.53. The molecule has 4 rings (SSSR count). The third kappa shape index (κ3) is 7.57. The average molecular weight is 556 g/mol. The zero-order valence-corrected chi connectivity index (χ0v) is 23.7. The molecule has 8 heteroatoms. The van der Waals surface area contributed by atoms with E-state index in [1.165, 1.54) is 0 Å². The number of aliphatic hydroxyl groups excluding tert-OH is 1. The summed E-state index contributed by atoms with van der Waals surface area (Å²) in [6.07, 6.45) is 4.52. The summed E-state index contributed by atoms with van der Waals surface area (Å²) >= 11 is 0. The Balaban J connectivity index is 1.34. The fourth-order valence-electron chi connectivity index (χ4n) is 4.29. The number of methoxy groups -OCH3 is 1. The summed E-state index contributed by atoms with van der Waals surface area (Å²) in [4.78, 5) is 27.3. The van der Waals surface area contributed by atoms with Crippen molar-refractivity contribution >= 4 is 17.6 Å². The Morgan fingerprint density at radius 2 is 1.22 bits per heavy atom. The Morgan fingerprint density at radius 3 is 1.63 bits per heavy atom. The Morgan fingerprint density at radius 1 is 0.756 bits per heavy atom. The highest BCUT2D eigenvalue weighted by Gasteiger charge is 2.21. The van der Waals surface area contributed by atoms with Crippen LogP contribution in [0.5, 0.6) is 11.5 Å². The van der Waals surface area contributed by atoms with Gasteiger partial charge in [-0.25, -0.2) is 9.59 Å². The van der Waals surface area contributed by atoms with Crippen molar-refractivity contribution in [1.82, 2.24) is 0 Å². The minimum Gasteiger partial charge on any atom is -0.423 e. The molecule has 0 amide bonds. The van der Waals surface area contributed by atoms with Gasteiger partial charge in [0.25, 0.3) is 6.23 Å². The third-order valence-electron chi connectivity index (χ3n) is 6.61. The predicted molar refractivity (Wildman–Crippen MR) is 155 cm³/mol. The molecule has 2 unspecified atom stereocenters. The van der Waals surface area contributed by atoms with E-state index in [0.29, 0.717) is 29.0 Å². The maximum absolute atomic E-state index is 12.7. The van der Waals surface area contributed by atoms with Gasteiger partial charge in [0.1, 0.15) is 11.5 Å². The van der Waals surface area contributed by atoms with Crippen LogP contribution in [0, 0.1) is 0 Å². The second-order valence-electron chi connectivity index (χ2n) is 9.78. The number of anilines is 1. The number of rotatable bonds is 11. The predicted octanol–water partition coefficient (Wildman–Crippen LogP) is 5.51. The van der Waals surface area contributed by atoms with Crippen molar-refractivity contribution in [3.63, 3.8) is 0 Å². The van der Waals surface area contributed by atoms with E-state index >= 15 is 0 Å². The summed E-state index contributed by atoms with van der Waals surface area (Å²) < 4.78 is 18.6. The van der Waals surface area contributed by atoms with Gasteiger partial charge in [-0.05, 0) is 72.6 Å². The summed E-state index contributed by atoms with van der Waals surface area (Å²) in [5, 5.41) is 10.1. The molecule has 0 radical (unpaired) electrons. The van der Waals surface area contributed by atoms with Gasteiger partial charge in [0.15, 0.2) is 12.4 Å². The number of aliphatic hydroxyl groups is 1. The first-order valence-corrected chi connectivity index (χ1v) is 13.4. The number of hydrogen-bond donors (Lipinski definition) is 1. The topological polar surface area (TPSA) is 89.2 Å². The molecule has 1 N–H and O–H groups in total. The number of pyridine rings is 1. The molecule has 41 heavy (non-hydrogen) atoms. The normalized spacial score (nSPS) is 12.3. The maximum atomic E-state index is 12.7. The Labute approximate surface area is 240 Å². The van der Waals surface area contributed by atoms with Gasteiger partial charge in [0.2, 0.25) is 0 Å². The minimum atomic E-state index is -0.550. The minimum absolute atomic E-state index is 0.316. The average Bonchev–Trinajstić information content (AvgIpc) is 2.99. The monoisotopic (exact) mass is 555 g/mol. The third-order valence-corrected chi connectivity index (χ3v) is 6.61. The Kier molecular flexibility index (Phi) is 9.84. The zero-order chi connectivity index (χ0) is 29.4. The molecule has 3 aromatic carbocycles. The number of ether oxygens (including phenoxy) is 3. The fraction of sp³-hybridized carbons (Fsp3) is 0.242. The number of carbonyl (C=O) groups excluding carboxylic acids is 2. The van der Waals surface area contributed by atoms with Crippen LogP contribution in [-0.4, -0.2) is 38.3 Å². The Bertz CT molecular complexity index is 1430. The lowest BCUT2D eigenvalue weighted by atomic mass is 10.0. The van der Waals surface area contributed by atoms with Crippen molar-refractivity contribution in [2.24, 2.45) is 0 Å². The molecular formula is C33H35N2O6+. The quantitative estimate of drug-likeness (QED) is 0.148. The molecule has 0 spiro atoms. The maximum Gasteiger partial charge on any atom is 0.343 e. The first-order chi connectivity index (χ1) is 19.8. The van der Waals surface area contributed by atoms with Crippen molar-refractivity contribution in [3.8, 4) is 11.5 Å². The van der Waals surface area contributed by atoms with Crippen LogP contribution < -0.4 is 18.9 Å². The van der Waals surface area contributed by atoms with Gasteiger partial charge in [-0.2, -0.15) is 4.57 Å². The van der Waals surface area contributed by atoms with E-state index in [0.717, 1.165) is 23.2 Å². The number of nitrogens with zero attached hydrogens (tertiary/aromatic N) is 2. The van der Waals surface area contributed by atoms with E-state index in [4.69, 9.17) is 14.2 Å². The SMILES string of the molecule is CCCC(O)c1ccc(C(=O)Oc2ccc(OC(=O)c3ccc(C(OC)[n+]4ccc(N(C)C)cc4)cc3)cc2)cc1. The van der Waals surface area contributed by atoms with Gasteiger partial charge < -0.3 is 24.2 Å². The van der Waals surface area contributed by atoms with Crippen molar-refractivity contribution in [2.75, 3.05) is 26.1 Å². The van der Waals surface area contributed by atoms with E-state index in [1.807, 2.05) is 67.1 Å². The molecule has 2 atom stereocenters. The largest absolute Gasteiger partial charge is 0.423 e. The van der Waals surface area contributed by atoms with Gasteiger partial charge in [-0.15, -0.1) is 0 Å². The summed E-state index contributed by atoms with van der Waals surface area (Å²) in [6, 6.07) is 24.0. The van der Waals surface area contributed by atoms with Gasteiger partial charge in [-0.3, -0.25) is 0 Å². The molecule has 0 aliphatic rings. The molecule has 4 aromatic rings. The van der Waals surface area contributed by atoms with Crippen molar-refractivity contribution in [3.05, 3.63) is 120 Å². The molecular weight excluding hydrogens is 520 g/mol. The van der Waals surface area contributed by atoms with Crippen molar-refractivity contribution in [1.29, 1.82) is 0 Å². The van der Waals surface area contributed by atoms with E-state index in [9.17, 15) is 14.7 Å². The van der Waals surface area contributed by atoms with E-state index < -0.39 is 18.0 Å². The fourth-order valence-corrected chi connectivity index (χ4v) is 4.29. The van der Waals surface area contributed by atoms with Crippen LogP contribution in [-0.2, 0) is 4.74 Å². The smallest absolute Gasteiger partial charge is 0.343 e. The molecule has 0 saturated heterocycles. The van der Waals surface area contributed by atoms with Crippen LogP contribution in [0.4, 0.5) is 5.69 Å². The highest BCUT2D eigenvalue weighted by Crippen LogP contribution is 2.22. The molecule has 0 saturated carbocycles. The van der Waals surface area contributed by atoms with Crippen molar-refractivity contribution < 1.29 is 33.5 Å². The molecule has 1 aromatic heterocycles. The molecule has 0 bridgehead atoms. The molecule has 0 aliphatic carbocycles. The number of esters is 2. The van der Waals surface area contributed by atoms with Crippen LogP contribution in [0.15, 0.2) is 97.3 Å². The van der Waals surface area contributed by atoms with Gasteiger partial charge >= 0.3 is 11.9 Å². The molecule has 0 fully saturated rings. The molecule has 212 valence electrons. The number of benzene rings is 3. The van der Waals surface area contributed by atoms with E-state index in [-0.39, 0.29) is 6.23 Å². The summed E-state index contributed by atoms with van der Waals surface area (Å²) in [7, 11) is 5.60. The van der Waals surface area contributed by atoms with Crippen molar-refractivity contribution in [2.45, 2.75) is 32.1 Å². The first-order valence-electron chi connectivity index (χ1n) is 13.4. The lowest BCUT2D eigenvalue weighted by molar-refractivity contribution is -0.750. The van der Waals surface area contributed by atoms with Gasteiger partial charge in [0, 0.05) is 44.6 Å². The van der Waals surface area contributed by atoms with Crippen LogP contribution >= 0.6 is 0 Å². The zero-order valence-electron chi connectivity index (χ0n) is 23.7. The lowest BCUT2D eigenvalue weighted by Gasteiger charge is -2.14. The number of aromatic nitrogens is 1. The summed E-state index contributed by atoms with van der Waals surface area (Å²) in [5.74, 6) is -0.397. The second-order valence-corrected chi connectivity index (χ2v) is 9.78. The van der Waals surface area contributed by atoms with E-state index in [2.05, 4.69) is 0 Å². The van der Waals surface area contributed by atoms with Gasteiger partial charge in [-0.1, -0.05) is 25.5 Å². The van der Waals surface area contributed by atoms with Gasteiger partial charge in [0.05, 0.1) is 17.2 Å². The van der Waals surface area contributed by atoms with Crippen LogP contribution in [0.25, 0.3) is 0 Å². The summed E-state index contributed by atoms with van der Waals surface area (Å²) in [6.45, 7) is 2.00. The standard InChI is InChI=1S/C33H35N2O6/c1-5-6-30(36)23-7-11-25(12-8-23)32(37)40-28-15-17-29(18-16-28)41-33(38)26-13-9-24(10-14-26)31(39-4)35-21-19-27(20-22-35)34(2)3/h7-22,30-31,36H,5-6H2,1-4H3/q+1. The van der Waals surface area contributed by atoms with Crippen LogP contribution in [0.2, 0.25) is 0 Å². The van der Waals surface area contributed by atoms with Crippen LogP contribution in [0.3, 0.4) is 0 Å². The molecule has 0 aliphatic heterocycles. The first kappa shape index (κ1) is 29.5. The summed E-state index contributed by atoms with van der Waals surface area (Å²) in [5.41, 5.74) is 3.48. The lowest BCUT2D eigenvalue weighted by Crippen LogP contribution is -2.40. The second kappa shape index (κ2) is 13.7. The number of carbonyl (C=O) groups is 2. The number of hydrogen-bond acceptors (Lipinski definition) is 7. The van der Waals surface area contributed by atoms with Crippen LogP contribution in [0.1, 0.15) is 63.9 Å². The molecule has 8 nitrogen and oxygen atoms in total. The van der Waals surface area contributed by atoms with E-state index in [1.54, 1.807) is 67.8 Å².